The zero-order valence-electron chi connectivity index (χ0n) is 13.4. The van der Waals surface area contributed by atoms with Gasteiger partial charge in [-0.3, -0.25) is 9.69 Å². The molecule has 114 valence electrons. The van der Waals surface area contributed by atoms with E-state index in [1.165, 1.54) is 0 Å². The fraction of sp³-hybridized carbons (Fsp3) is 0.933. The molecule has 0 rings (SSSR count). The van der Waals surface area contributed by atoms with Crippen LogP contribution in [-0.2, 0) is 4.79 Å². The van der Waals surface area contributed by atoms with E-state index in [2.05, 4.69) is 33.0 Å². The molecule has 1 amide bonds. The second-order valence-electron chi connectivity index (χ2n) is 6.16. The van der Waals surface area contributed by atoms with Gasteiger partial charge in [-0.1, -0.05) is 41.0 Å². The Kier molecular flexibility index (Phi) is 9.02. The quantitative estimate of drug-likeness (QED) is 0.632. The minimum absolute atomic E-state index is 0.0631. The van der Waals surface area contributed by atoms with Crippen molar-refractivity contribution in [2.45, 2.75) is 53.7 Å². The van der Waals surface area contributed by atoms with Crippen LogP contribution in [0, 0.1) is 17.8 Å². The molecule has 0 spiro atoms. The highest BCUT2D eigenvalue weighted by atomic mass is 16.3. The molecule has 0 aliphatic rings. The van der Waals surface area contributed by atoms with Crippen molar-refractivity contribution in [2.75, 3.05) is 20.1 Å². The number of hydrogen-bond donors (Lipinski definition) is 2. The van der Waals surface area contributed by atoms with E-state index in [-0.39, 0.29) is 11.8 Å². The fourth-order valence-electron chi connectivity index (χ4n) is 2.40. The Bertz CT molecular complexity index is 245. The van der Waals surface area contributed by atoms with Gasteiger partial charge in [-0.2, -0.15) is 0 Å². The summed E-state index contributed by atoms with van der Waals surface area (Å²) in [7, 11) is 1.63. The lowest BCUT2D eigenvalue weighted by Gasteiger charge is -2.34. The molecule has 0 aromatic rings. The first-order valence-corrected chi connectivity index (χ1v) is 7.47. The summed E-state index contributed by atoms with van der Waals surface area (Å²) in [5, 5.41) is 13.2. The molecule has 0 saturated heterocycles. The molecule has 2 atom stereocenters. The van der Waals surface area contributed by atoms with Gasteiger partial charge in [-0.25, -0.2) is 0 Å². The molecule has 2 N–H and O–H groups in total. The van der Waals surface area contributed by atoms with Crippen molar-refractivity contribution in [2.24, 2.45) is 17.8 Å². The molecule has 0 radical (unpaired) electrons. The van der Waals surface area contributed by atoms with E-state index in [0.717, 1.165) is 19.5 Å². The number of carbonyl (C=O) groups is 1. The monoisotopic (exact) mass is 272 g/mol. The number of carbonyl (C=O) groups excluding carboxylic acids is 1. The number of amides is 1. The molecule has 0 aliphatic carbocycles. The number of hydrogen-bond acceptors (Lipinski definition) is 3. The first kappa shape index (κ1) is 18.4. The second-order valence-corrected chi connectivity index (χ2v) is 6.16. The van der Waals surface area contributed by atoms with Gasteiger partial charge >= 0.3 is 0 Å². The molecule has 4 heteroatoms. The maximum Gasteiger partial charge on any atom is 0.226 e. The van der Waals surface area contributed by atoms with Crippen LogP contribution in [0.4, 0.5) is 0 Å². The van der Waals surface area contributed by atoms with E-state index in [1.807, 2.05) is 11.8 Å². The summed E-state index contributed by atoms with van der Waals surface area (Å²) in [5.74, 6) is 0.542. The second kappa shape index (κ2) is 9.32. The lowest BCUT2D eigenvalue weighted by Crippen LogP contribution is -2.48. The van der Waals surface area contributed by atoms with Gasteiger partial charge in [0, 0.05) is 20.1 Å². The van der Waals surface area contributed by atoms with Gasteiger partial charge in [0.2, 0.25) is 5.91 Å². The third-order valence-electron chi connectivity index (χ3n) is 3.12. The Morgan fingerprint density at radius 2 is 1.63 bits per heavy atom. The first-order chi connectivity index (χ1) is 8.83. The Labute approximate surface area is 118 Å². The average molecular weight is 272 g/mol. The predicted molar refractivity (Wildman–Crippen MR) is 79.7 cm³/mol. The summed E-state index contributed by atoms with van der Waals surface area (Å²) in [6, 6.07) is 0. The zero-order chi connectivity index (χ0) is 15.0. The van der Waals surface area contributed by atoms with E-state index in [1.54, 1.807) is 7.05 Å². The van der Waals surface area contributed by atoms with Crippen molar-refractivity contribution >= 4 is 5.91 Å². The van der Waals surface area contributed by atoms with Crippen LogP contribution >= 0.6 is 0 Å². The molecular formula is C15H32N2O2. The van der Waals surface area contributed by atoms with E-state index >= 15 is 0 Å². The van der Waals surface area contributed by atoms with Crippen molar-refractivity contribution in [1.29, 1.82) is 0 Å². The standard InChI is InChI=1S/C15H32N2O2/c1-7-8-13(14(18)16-6)15(19)17(9-11(2)3)10-12(4)5/h11-13,15,19H,7-10H2,1-6H3,(H,16,18). The van der Waals surface area contributed by atoms with E-state index in [4.69, 9.17) is 0 Å². The lowest BCUT2D eigenvalue weighted by atomic mass is 9.98. The summed E-state index contributed by atoms with van der Waals surface area (Å²) in [6.45, 7) is 12.2. The maximum absolute atomic E-state index is 11.9. The van der Waals surface area contributed by atoms with Crippen molar-refractivity contribution < 1.29 is 9.90 Å². The Balaban J connectivity index is 4.88. The van der Waals surface area contributed by atoms with Crippen LogP contribution in [0.15, 0.2) is 0 Å². The number of aliphatic hydroxyl groups excluding tert-OH is 1. The van der Waals surface area contributed by atoms with E-state index in [0.29, 0.717) is 18.3 Å². The zero-order valence-corrected chi connectivity index (χ0v) is 13.4. The van der Waals surface area contributed by atoms with Gasteiger partial charge in [0.25, 0.3) is 0 Å². The number of aliphatic hydroxyl groups is 1. The number of nitrogens with zero attached hydrogens (tertiary/aromatic N) is 1. The third-order valence-corrected chi connectivity index (χ3v) is 3.12. The van der Waals surface area contributed by atoms with Crippen LogP contribution in [0.3, 0.4) is 0 Å². The van der Waals surface area contributed by atoms with Gasteiger partial charge in [0.1, 0.15) is 6.23 Å². The van der Waals surface area contributed by atoms with Crippen molar-refractivity contribution in [1.82, 2.24) is 10.2 Å². The highest BCUT2D eigenvalue weighted by molar-refractivity contribution is 5.78. The average Bonchev–Trinajstić information content (AvgIpc) is 2.32. The molecule has 19 heavy (non-hydrogen) atoms. The summed E-state index contributed by atoms with van der Waals surface area (Å²) in [4.78, 5) is 14.0. The fourth-order valence-corrected chi connectivity index (χ4v) is 2.40. The van der Waals surface area contributed by atoms with Crippen LogP contribution in [0.1, 0.15) is 47.5 Å². The largest absolute Gasteiger partial charge is 0.378 e. The van der Waals surface area contributed by atoms with Gasteiger partial charge in [-0.15, -0.1) is 0 Å². The highest BCUT2D eigenvalue weighted by Gasteiger charge is 2.30. The Hall–Kier alpha value is -0.610. The van der Waals surface area contributed by atoms with E-state index < -0.39 is 6.23 Å². The van der Waals surface area contributed by atoms with Gasteiger partial charge < -0.3 is 10.4 Å². The first-order valence-electron chi connectivity index (χ1n) is 7.47. The van der Waals surface area contributed by atoms with Crippen LogP contribution in [0.25, 0.3) is 0 Å². The van der Waals surface area contributed by atoms with Crippen molar-refractivity contribution in [3.63, 3.8) is 0 Å². The Morgan fingerprint density at radius 3 is 1.95 bits per heavy atom. The predicted octanol–water partition coefficient (Wildman–Crippen LogP) is 2.08. The van der Waals surface area contributed by atoms with Gasteiger partial charge in [-0.05, 0) is 18.3 Å². The minimum Gasteiger partial charge on any atom is -0.378 e. The van der Waals surface area contributed by atoms with Crippen LogP contribution < -0.4 is 5.32 Å². The third kappa shape index (κ3) is 6.92. The summed E-state index contributed by atoms with van der Waals surface area (Å²) >= 11 is 0. The summed E-state index contributed by atoms with van der Waals surface area (Å²) < 4.78 is 0. The molecule has 2 unspecified atom stereocenters. The highest BCUT2D eigenvalue weighted by Crippen LogP contribution is 2.18. The minimum atomic E-state index is -0.690. The molecule has 0 fully saturated rings. The molecule has 0 aromatic heterocycles. The number of nitrogens with one attached hydrogen (secondary N) is 1. The van der Waals surface area contributed by atoms with Gasteiger partial charge in [0.15, 0.2) is 0 Å². The van der Waals surface area contributed by atoms with Gasteiger partial charge in [0.05, 0.1) is 5.92 Å². The molecule has 0 aliphatic heterocycles. The SMILES string of the molecule is CCCC(C(=O)NC)C(O)N(CC(C)C)CC(C)C. The summed E-state index contributed by atoms with van der Waals surface area (Å²) in [5.41, 5.74) is 0. The number of rotatable bonds is 9. The molecule has 0 bridgehead atoms. The van der Waals surface area contributed by atoms with Crippen LogP contribution in [0.2, 0.25) is 0 Å². The van der Waals surface area contributed by atoms with Crippen molar-refractivity contribution in [3.8, 4) is 0 Å². The molecule has 0 saturated carbocycles. The topological polar surface area (TPSA) is 52.6 Å². The normalized spacial score (nSPS) is 15.1. The van der Waals surface area contributed by atoms with Crippen molar-refractivity contribution in [3.05, 3.63) is 0 Å². The van der Waals surface area contributed by atoms with Crippen LogP contribution in [0.5, 0.6) is 0 Å². The molecule has 0 heterocycles. The maximum atomic E-state index is 11.9. The molecular weight excluding hydrogens is 240 g/mol. The molecule has 4 nitrogen and oxygen atoms in total. The van der Waals surface area contributed by atoms with E-state index in [9.17, 15) is 9.90 Å². The molecule has 0 aromatic carbocycles. The lowest BCUT2D eigenvalue weighted by molar-refractivity contribution is -0.136. The van der Waals surface area contributed by atoms with Crippen LogP contribution in [-0.4, -0.2) is 42.3 Å². The Morgan fingerprint density at radius 1 is 1.16 bits per heavy atom. The summed E-state index contributed by atoms with van der Waals surface area (Å²) in [6.07, 6.45) is 0.921. The smallest absolute Gasteiger partial charge is 0.226 e.